The summed E-state index contributed by atoms with van der Waals surface area (Å²) in [5, 5.41) is 0. The number of halogens is 1. The van der Waals surface area contributed by atoms with E-state index in [1.54, 1.807) is 6.07 Å². The normalized spacial score (nSPS) is 23.0. The number of nitrogens with zero attached hydrogens (tertiary/aromatic N) is 1. The molecule has 1 unspecified atom stereocenters. The molecule has 1 fully saturated rings. The topological polar surface area (TPSA) is 65.1 Å². The summed E-state index contributed by atoms with van der Waals surface area (Å²) in [7, 11) is -3.59. The molecule has 3 rings (SSSR count). The van der Waals surface area contributed by atoms with Gasteiger partial charge in [0.15, 0.2) is 11.5 Å². The highest BCUT2D eigenvalue weighted by atomic mass is 79.9. The van der Waals surface area contributed by atoms with Crippen LogP contribution in [-0.2, 0) is 14.8 Å². The molecule has 0 aliphatic carbocycles. The fraction of sp³-hybridized carbons (Fsp3) is 0.538. The minimum absolute atomic E-state index is 0.107. The second kappa shape index (κ2) is 5.75. The van der Waals surface area contributed by atoms with E-state index < -0.39 is 10.0 Å². The standard InChI is InChI=1S/C13H16BrNO5S/c1-9-8-15(2-3-18-9)21(16,17)13-7-12-11(6-10(13)14)19-4-5-20-12/h6-7,9H,2-5,8H2,1H3. The quantitative estimate of drug-likeness (QED) is 0.783. The van der Waals surface area contributed by atoms with E-state index >= 15 is 0 Å². The molecule has 0 radical (unpaired) electrons. The summed E-state index contributed by atoms with van der Waals surface area (Å²) in [6.45, 7) is 3.86. The first kappa shape index (κ1) is 15.1. The molecule has 0 saturated carbocycles. The monoisotopic (exact) mass is 377 g/mol. The Labute approximate surface area is 132 Å². The molecule has 2 aliphatic rings. The molecule has 1 aromatic rings. The Morgan fingerprint density at radius 1 is 1.19 bits per heavy atom. The molecule has 0 bridgehead atoms. The Morgan fingerprint density at radius 2 is 1.86 bits per heavy atom. The average molecular weight is 378 g/mol. The molecule has 1 saturated heterocycles. The molecular weight excluding hydrogens is 362 g/mol. The summed E-state index contributed by atoms with van der Waals surface area (Å²) >= 11 is 3.32. The second-order valence-electron chi connectivity index (χ2n) is 4.97. The highest BCUT2D eigenvalue weighted by Crippen LogP contribution is 2.38. The number of morpholine rings is 1. The zero-order valence-electron chi connectivity index (χ0n) is 11.5. The van der Waals surface area contributed by atoms with Crippen LogP contribution >= 0.6 is 15.9 Å². The summed E-state index contributed by atoms with van der Waals surface area (Å²) in [6.07, 6.45) is -0.107. The molecule has 116 valence electrons. The maximum atomic E-state index is 12.8. The SMILES string of the molecule is CC1CN(S(=O)(=O)c2cc3c(cc2Br)OCCO3)CCO1. The zero-order valence-corrected chi connectivity index (χ0v) is 13.9. The molecule has 0 N–H and O–H groups in total. The molecule has 0 amide bonds. The molecule has 1 atom stereocenters. The highest BCUT2D eigenvalue weighted by molar-refractivity contribution is 9.10. The molecule has 0 aromatic heterocycles. The van der Waals surface area contributed by atoms with Crippen molar-refractivity contribution < 1.29 is 22.6 Å². The number of rotatable bonds is 2. The minimum Gasteiger partial charge on any atom is -0.486 e. The van der Waals surface area contributed by atoms with Crippen LogP contribution in [0.3, 0.4) is 0 Å². The van der Waals surface area contributed by atoms with Gasteiger partial charge in [-0.25, -0.2) is 8.42 Å². The van der Waals surface area contributed by atoms with Gasteiger partial charge in [-0.3, -0.25) is 0 Å². The Bertz CT molecular complexity index is 648. The van der Waals surface area contributed by atoms with E-state index in [4.69, 9.17) is 14.2 Å². The van der Waals surface area contributed by atoms with Crippen molar-refractivity contribution >= 4 is 26.0 Å². The summed E-state index contributed by atoms with van der Waals surface area (Å²) in [4.78, 5) is 0.195. The van der Waals surface area contributed by atoms with E-state index in [-0.39, 0.29) is 11.0 Å². The van der Waals surface area contributed by atoms with E-state index in [1.165, 1.54) is 10.4 Å². The van der Waals surface area contributed by atoms with Crippen molar-refractivity contribution in [1.82, 2.24) is 4.31 Å². The number of fused-ring (bicyclic) bond motifs is 1. The lowest BCUT2D eigenvalue weighted by molar-refractivity contribution is 0.0101. The van der Waals surface area contributed by atoms with Crippen LogP contribution in [-0.4, -0.2) is 51.7 Å². The largest absolute Gasteiger partial charge is 0.486 e. The van der Waals surface area contributed by atoms with Crippen LogP contribution in [0.5, 0.6) is 11.5 Å². The lowest BCUT2D eigenvalue weighted by atomic mass is 10.3. The number of hydrogen-bond acceptors (Lipinski definition) is 5. The minimum atomic E-state index is -3.59. The van der Waals surface area contributed by atoms with Crippen LogP contribution < -0.4 is 9.47 Å². The Hall–Kier alpha value is -0.830. The summed E-state index contributed by atoms with van der Waals surface area (Å²) in [6, 6.07) is 3.17. The van der Waals surface area contributed by atoms with E-state index in [1.807, 2.05) is 6.92 Å². The molecule has 6 nitrogen and oxygen atoms in total. The third kappa shape index (κ3) is 2.90. The molecule has 0 spiro atoms. The van der Waals surface area contributed by atoms with Crippen molar-refractivity contribution in [2.45, 2.75) is 17.9 Å². The van der Waals surface area contributed by atoms with Gasteiger partial charge in [0.05, 0.1) is 12.7 Å². The Balaban J connectivity index is 1.98. The van der Waals surface area contributed by atoms with Crippen LogP contribution in [0.2, 0.25) is 0 Å². The Kier molecular flexibility index (Phi) is 4.13. The van der Waals surface area contributed by atoms with Crippen molar-refractivity contribution in [3.8, 4) is 11.5 Å². The molecule has 21 heavy (non-hydrogen) atoms. The predicted octanol–water partition coefficient (Wildman–Crippen LogP) is 1.63. The smallest absolute Gasteiger partial charge is 0.244 e. The van der Waals surface area contributed by atoms with Crippen LogP contribution in [0.1, 0.15) is 6.92 Å². The lowest BCUT2D eigenvalue weighted by Gasteiger charge is -2.31. The van der Waals surface area contributed by atoms with Gasteiger partial charge in [-0.2, -0.15) is 4.31 Å². The van der Waals surface area contributed by atoms with Gasteiger partial charge in [-0.05, 0) is 28.9 Å². The van der Waals surface area contributed by atoms with Gasteiger partial charge < -0.3 is 14.2 Å². The van der Waals surface area contributed by atoms with E-state index in [2.05, 4.69) is 15.9 Å². The predicted molar refractivity (Wildman–Crippen MR) is 79.3 cm³/mol. The third-order valence-corrected chi connectivity index (χ3v) is 6.24. The van der Waals surface area contributed by atoms with E-state index in [0.717, 1.165) is 0 Å². The maximum absolute atomic E-state index is 12.8. The van der Waals surface area contributed by atoms with Gasteiger partial charge in [0.25, 0.3) is 0 Å². The van der Waals surface area contributed by atoms with Gasteiger partial charge in [-0.1, -0.05) is 0 Å². The molecule has 2 heterocycles. The summed E-state index contributed by atoms with van der Waals surface area (Å²) in [5.41, 5.74) is 0. The lowest BCUT2D eigenvalue weighted by Crippen LogP contribution is -2.44. The summed E-state index contributed by atoms with van der Waals surface area (Å²) in [5.74, 6) is 1.02. The van der Waals surface area contributed by atoms with Crippen molar-refractivity contribution in [2.24, 2.45) is 0 Å². The number of benzene rings is 1. The van der Waals surface area contributed by atoms with Crippen LogP contribution in [0, 0.1) is 0 Å². The average Bonchev–Trinajstić information content (AvgIpc) is 2.46. The maximum Gasteiger partial charge on any atom is 0.244 e. The van der Waals surface area contributed by atoms with Gasteiger partial charge in [0.1, 0.15) is 18.1 Å². The number of sulfonamides is 1. The molecule has 8 heteroatoms. The number of hydrogen-bond donors (Lipinski definition) is 0. The Morgan fingerprint density at radius 3 is 2.52 bits per heavy atom. The van der Waals surface area contributed by atoms with Crippen LogP contribution in [0.4, 0.5) is 0 Å². The molecular formula is C13H16BrNO5S. The van der Waals surface area contributed by atoms with Crippen LogP contribution in [0.25, 0.3) is 0 Å². The summed E-state index contributed by atoms with van der Waals surface area (Å²) < 4.78 is 43.8. The van der Waals surface area contributed by atoms with Crippen molar-refractivity contribution in [2.75, 3.05) is 32.9 Å². The van der Waals surface area contributed by atoms with Gasteiger partial charge >= 0.3 is 0 Å². The first-order valence-electron chi connectivity index (χ1n) is 6.69. The second-order valence-corrected chi connectivity index (χ2v) is 7.73. The van der Waals surface area contributed by atoms with E-state index in [9.17, 15) is 8.42 Å². The van der Waals surface area contributed by atoms with Crippen LogP contribution in [0.15, 0.2) is 21.5 Å². The van der Waals surface area contributed by atoms with Crippen molar-refractivity contribution in [3.05, 3.63) is 16.6 Å². The first-order valence-corrected chi connectivity index (χ1v) is 8.92. The first-order chi connectivity index (χ1) is 9.98. The number of ether oxygens (including phenoxy) is 3. The molecule has 2 aliphatic heterocycles. The third-order valence-electron chi connectivity index (χ3n) is 3.42. The van der Waals surface area contributed by atoms with Crippen molar-refractivity contribution in [3.63, 3.8) is 0 Å². The van der Waals surface area contributed by atoms with Gasteiger partial charge in [0.2, 0.25) is 10.0 Å². The van der Waals surface area contributed by atoms with Gasteiger partial charge in [0, 0.05) is 23.6 Å². The zero-order chi connectivity index (χ0) is 15.0. The fourth-order valence-electron chi connectivity index (χ4n) is 2.39. The fourth-order valence-corrected chi connectivity index (χ4v) is 4.88. The van der Waals surface area contributed by atoms with Gasteiger partial charge in [-0.15, -0.1) is 0 Å². The van der Waals surface area contributed by atoms with E-state index in [0.29, 0.717) is 48.9 Å². The molecule has 1 aromatic carbocycles. The van der Waals surface area contributed by atoms with Crippen molar-refractivity contribution in [1.29, 1.82) is 0 Å². The highest BCUT2D eigenvalue weighted by Gasteiger charge is 2.32.